The molecule has 2 aromatic carbocycles. The SMILES string of the molecule is O=C(OC[C@H]1O[C@@H]2[C@@H](Cc3cc(=S)[nH]c(=O)n32)[C@@H]1OC(=O)c1ccccc1)c1ccccc1. The van der Waals surface area contributed by atoms with Crippen molar-refractivity contribution in [1.29, 1.82) is 0 Å². The smallest absolute Gasteiger partial charge is 0.338 e. The van der Waals surface area contributed by atoms with Crippen LogP contribution in [-0.2, 0) is 20.6 Å². The number of benzene rings is 2. The van der Waals surface area contributed by atoms with Gasteiger partial charge in [0.1, 0.15) is 29.7 Å². The minimum atomic E-state index is -0.733. The van der Waals surface area contributed by atoms with Gasteiger partial charge < -0.3 is 14.2 Å². The largest absolute Gasteiger partial charge is 0.459 e. The van der Waals surface area contributed by atoms with E-state index in [9.17, 15) is 14.4 Å². The summed E-state index contributed by atoms with van der Waals surface area (Å²) < 4.78 is 19.3. The molecule has 1 aromatic heterocycles. The second kappa shape index (κ2) is 8.76. The number of carbonyl (C=O) groups excluding carboxylic acids is 2. The molecule has 5 rings (SSSR count). The lowest BCUT2D eigenvalue weighted by molar-refractivity contribution is -0.0581. The van der Waals surface area contributed by atoms with Crippen LogP contribution in [0.3, 0.4) is 0 Å². The van der Waals surface area contributed by atoms with Gasteiger partial charge in [-0.2, -0.15) is 0 Å². The Morgan fingerprint density at radius 2 is 1.67 bits per heavy atom. The van der Waals surface area contributed by atoms with Gasteiger partial charge in [-0.1, -0.05) is 48.6 Å². The molecule has 0 bridgehead atoms. The number of ether oxygens (including phenoxy) is 3. The summed E-state index contributed by atoms with van der Waals surface area (Å²) >= 11 is 5.12. The third kappa shape index (κ3) is 4.12. The van der Waals surface area contributed by atoms with E-state index in [1.807, 2.05) is 0 Å². The van der Waals surface area contributed by atoms with Gasteiger partial charge in [0.05, 0.1) is 11.1 Å². The Hall–Kier alpha value is -3.56. The topological polar surface area (TPSA) is 99.6 Å². The number of hydrogen-bond acceptors (Lipinski definition) is 7. The standard InChI is InChI=1S/C24H20N2O6S/c27-22(14-7-3-1-4-8-14)30-13-18-20(32-23(28)15-9-5-2-6-10-15)17-11-16-12-19(33)25-24(29)26(16)21(17)31-18/h1-10,12,17-18,20-21H,11,13H2,(H,25,29,33)/t17-,18+,20-,21+/m0/s1. The van der Waals surface area contributed by atoms with E-state index in [0.29, 0.717) is 27.9 Å². The normalized spacial score (nSPS) is 22.9. The molecule has 2 aliphatic heterocycles. The van der Waals surface area contributed by atoms with E-state index in [-0.39, 0.29) is 18.2 Å². The molecular weight excluding hydrogens is 444 g/mol. The highest BCUT2D eigenvalue weighted by Crippen LogP contribution is 2.43. The number of hydrogen-bond donors (Lipinski definition) is 1. The molecule has 3 aromatic rings. The average molecular weight is 464 g/mol. The van der Waals surface area contributed by atoms with E-state index < -0.39 is 30.4 Å². The fourth-order valence-corrected chi connectivity index (χ4v) is 4.60. The number of nitrogens with one attached hydrogen (secondary N) is 1. The number of fused-ring (bicyclic) bond motifs is 3. The Labute approximate surface area is 193 Å². The first-order valence-electron chi connectivity index (χ1n) is 10.5. The molecule has 4 atom stereocenters. The van der Waals surface area contributed by atoms with E-state index >= 15 is 0 Å². The first-order valence-corrected chi connectivity index (χ1v) is 10.9. The second-order valence-corrected chi connectivity index (χ2v) is 8.37. The van der Waals surface area contributed by atoms with Crippen LogP contribution in [-0.4, -0.2) is 40.3 Å². The lowest BCUT2D eigenvalue weighted by atomic mass is 9.97. The van der Waals surface area contributed by atoms with E-state index in [1.54, 1.807) is 66.7 Å². The van der Waals surface area contributed by atoms with Gasteiger partial charge in [-0.05, 0) is 36.8 Å². The van der Waals surface area contributed by atoms with Crippen molar-refractivity contribution in [3.63, 3.8) is 0 Å². The zero-order chi connectivity index (χ0) is 22.9. The Morgan fingerprint density at radius 3 is 2.33 bits per heavy atom. The predicted molar refractivity (Wildman–Crippen MR) is 119 cm³/mol. The molecule has 3 heterocycles. The van der Waals surface area contributed by atoms with Gasteiger partial charge in [-0.3, -0.25) is 9.55 Å². The monoisotopic (exact) mass is 464 g/mol. The summed E-state index contributed by atoms with van der Waals surface area (Å²) in [6.45, 7) is -0.125. The summed E-state index contributed by atoms with van der Waals surface area (Å²) in [5.74, 6) is -1.34. The summed E-state index contributed by atoms with van der Waals surface area (Å²) in [6.07, 6.45) is -1.68. The molecule has 0 unspecified atom stereocenters. The number of nitrogens with zero attached hydrogens (tertiary/aromatic N) is 1. The van der Waals surface area contributed by atoms with Crippen molar-refractivity contribution in [3.05, 3.63) is 98.7 Å². The van der Waals surface area contributed by atoms with Crippen molar-refractivity contribution in [2.24, 2.45) is 5.92 Å². The average Bonchev–Trinajstić information content (AvgIpc) is 3.34. The molecule has 0 radical (unpaired) electrons. The maximum Gasteiger partial charge on any atom is 0.338 e. The van der Waals surface area contributed by atoms with Gasteiger partial charge in [0.2, 0.25) is 0 Å². The summed E-state index contributed by atoms with van der Waals surface area (Å²) in [4.78, 5) is 40.4. The van der Waals surface area contributed by atoms with Crippen molar-refractivity contribution >= 4 is 24.2 Å². The third-order valence-corrected chi connectivity index (χ3v) is 6.09. The fraction of sp³-hybridized carbons (Fsp3) is 0.250. The highest BCUT2D eigenvalue weighted by molar-refractivity contribution is 7.71. The number of aromatic amines is 1. The van der Waals surface area contributed by atoms with Crippen LogP contribution in [0.15, 0.2) is 71.5 Å². The molecule has 0 aliphatic carbocycles. The minimum Gasteiger partial charge on any atom is -0.459 e. The Balaban J connectivity index is 1.40. The Morgan fingerprint density at radius 1 is 1.03 bits per heavy atom. The first-order chi connectivity index (χ1) is 16.0. The van der Waals surface area contributed by atoms with Crippen LogP contribution >= 0.6 is 12.2 Å². The van der Waals surface area contributed by atoms with Crippen LogP contribution < -0.4 is 5.69 Å². The number of carbonyl (C=O) groups is 2. The number of H-pyrrole nitrogens is 1. The molecule has 9 heteroatoms. The van der Waals surface area contributed by atoms with Gasteiger partial charge in [0.15, 0.2) is 0 Å². The lowest BCUT2D eigenvalue weighted by Gasteiger charge is -2.22. The van der Waals surface area contributed by atoms with Crippen molar-refractivity contribution in [3.8, 4) is 0 Å². The Kier molecular flexibility index (Phi) is 5.65. The summed E-state index contributed by atoms with van der Waals surface area (Å²) in [5, 5.41) is 0. The maximum atomic E-state index is 12.8. The van der Waals surface area contributed by atoms with E-state index in [1.165, 1.54) is 4.57 Å². The van der Waals surface area contributed by atoms with Crippen molar-refractivity contribution in [2.45, 2.75) is 24.9 Å². The van der Waals surface area contributed by atoms with Crippen LogP contribution in [0.25, 0.3) is 0 Å². The van der Waals surface area contributed by atoms with Gasteiger partial charge in [-0.15, -0.1) is 0 Å². The zero-order valence-electron chi connectivity index (χ0n) is 17.4. The van der Waals surface area contributed by atoms with Crippen molar-refractivity contribution in [2.75, 3.05) is 6.61 Å². The van der Waals surface area contributed by atoms with Gasteiger partial charge in [0.25, 0.3) is 0 Å². The first kappa shape index (κ1) is 21.3. The number of esters is 2. The zero-order valence-corrected chi connectivity index (χ0v) is 18.2. The van der Waals surface area contributed by atoms with Crippen LogP contribution in [0.4, 0.5) is 0 Å². The molecular formula is C24H20N2O6S. The quantitative estimate of drug-likeness (QED) is 0.458. The molecule has 1 N–H and O–H groups in total. The highest BCUT2D eigenvalue weighted by atomic mass is 32.1. The van der Waals surface area contributed by atoms with Crippen LogP contribution in [0.1, 0.15) is 32.6 Å². The summed E-state index contributed by atoms with van der Waals surface area (Å²) in [6, 6.07) is 18.9. The number of rotatable bonds is 5. The fourth-order valence-electron chi connectivity index (χ4n) is 4.37. The molecule has 1 saturated heterocycles. The van der Waals surface area contributed by atoms with E-state index in [2.05, 4.69) is 4.98 Å². The molecule has 0 saturated carbocycles. The van der Waals surface area contributed by atoms with Crippen LogP contribution in [0, 0.1) is 10.6 Å². The molecule has 0 spiro atoms. The van der Waals surface area contributed by atoms with Gasteiger partial charge in [0, 0.05) is 11.6 Å². The molecule has 33 heavy (non-hydrogen) atoms. The predicted octanol–water partition coefficient (Wildman–Crippen LogP) is 3.06. The van der Waals surface area contributed by atoms with Crippen LogP contribution in [0.5, 0.6) is 0 Å². The minimum absolute atomic E-state index is 0.125. The molecule has 1 fully saturated rings. The van der Waals surface area contributed by atoms with Gasteiger partial charge >= 0.3 is 17.6 Å². The molecule has 8 nitrogen and oxygen atoms in total. The summed E-state index contributed by atoms with van der Waals surface area (Å²) in [5.41, 5.74) is 1.12. The third-order valence-electron chi connectivity index (χ3n) is 5.87. The van der Waals surface area contributed by atoms with E-state index in [0.717, 1.165) is 0 Å². The van der Waals surface area contributed by atoms with Crippen molar-refractivity contribution in [1.82, 2.24) is 9.55 Å². The highest BCUT2D eigenvalue weighted by Gasteiger charge is 2.52. The molecule has 2 aliphatic rings. The maximum absolute atomic E-state index is 12.8. The Bertz CT molecular complexity index is 1300. The van der Waals surface area contributed by atoms with Crippen molar-refractivity contribution < 1.29 is 23.8 Å². The lowest BCUT2D eigenvalue weighted by Crippen LogP contribution is -2.36. The number of aromatic nitrogens is 2. The second-order valence-electron chi connectivity index (χ2n) is 7.93. The van der Waals surface area contributed by atoms with Gasteiger partial charge in [-0.25, -0.2) is 14.4 Å². The molecule has 168 valence electrons. The summed E-state index contributed by atoms with van der Waals surface area (Å²) in [7, 11) is 0. The molecule has 0 amide bonds. The van der Waals surface area contributed by atoms with Crippen LogP contribution in [0.2, 0.25) is 0 Å². The van der Waals surface area contributed by atoms with E-state index in [4.69, 9.17) is 26.4 Å².